The summed E-state index contributed by atoms with van der Waals surface area (Å²) in [6, 6.07) is 10.0. The van der Waals surface area contributed by atoms with Gasteiger partial charge in [0.25, 0.3) is 0 Å². The highest BCUT2D eigenvalue weighted by atomic mass is 19.1. The van der Waals surface area contributed by atoms with E-state index < -0.39 is 5.82 Å². The van der Waals surface area contributed by atoms with Crippen LogP contribution in [0.3, 0.4) is 0 Å². The van der Waals surface area contributed by atoms with Crippen LogP contribution >= 0.6 is 0 Å². The number of hydrogen-bond acceptors (Lipinski definition) is 5. The highest BCUT2D eigenvalue weighted by Crippen LogP contribution is 2.39. The lowest BCUT2D eigenvalue weighted by molar-refractivity contribution is 0.0992. The van der Waals surface area contributed by atoms with Gasteiger partial charge in [-0.1, -0.05) is 26.0 Å². The number of fused-ring (bicyclic) bond motifs is 1. The molecule has 0 atom stereocenters. The lowest BCUT2D eigenvalue weighted by Crippen LogP contribution is -2.18. The number of hydrogen-bond donors (Lipinski definition) is 2. The third-order valence-electron chi connectivity index (χ3n) is 5.76. The average Bonchev–Trinajstić information content (AvgIpc) is 3.01. The van der Waals surface area contributed by atoms with Gasteiger partial charge >= 0.3 is 0 Å². The molecule has 0 bridgehead atoms. The molecule has 4 rings (SSSR count). The van der Waals surface area contributed by atoms with Crippen molar-refractivity contribution < 1.29 is 13.9 Å². The normalized spacial score (nSPS) is 14.3. The van der Waals surface area contributed by atoms with E-state index in [0.29, 0.717) is 34.5 Å². The van der Waals surface area contributed by atoms with E-state index in [1.165, 1.54) is 18.3 Å². The smallest absolute Gasteiger partial charge is 0.167 e. The van der Waals surface area contributed by atoms with Crippen LogP contribution in [0.15, 0.2) is 42.6 Å². The number of nitrogen functional groups attached to an aromatic ring is 2. The second-order valence-electron chi connectivity index (χ2n) is 8.38. The van der Waals surface area contributed by atoms with Crippen LogP contribution in [0.1, 0.15) is 40.9 Å². The van der Waals surface area contributed by atoms with E-state index in [9.17, 15) is 9.18 Å². The fourth-order valence-corrected chi connectivity index (χ4v) is 3.91. The molecule has 5 nitrogen and oxygen atoms in total. The van der Waals surface area contributed by atoms with Crippen molar-refractivity contribution in [1.29, 1.82) is 0 Å². The van der Waals surface area contributed by atoms with Gasteiger partial charge in [-0.3, -0.25) is 4.79 Å². The van der Waals surface area contributed by atoms with Gasteiger partial charge < -0.3 is 16.2 Å². The lowest BCUT2D eigenvalue weighted by Gasteiger charge is -2.15. The Kier molecular flexibility index (Phi) is 4.73. The molecule has 0 aliphatic carbocycles. The minimum Gasteiger partial charge on any atom is -0.492 e. The molecule has 30 heavy (non-hydrogen) atoms. The molecular weight excluding hydrogens is 381 g/mol. The van der Waals surface area contributed by atoms with Gasteiger partial charge in [-0.05, 0) is 47.9 Å². The summed E-state index contributed by atoms with van der Waals surface area (Å²) in [7, 11) is 0. The van der Waals surface area contributed by atoms with Gasteiger partial charge in [-0.2, -0.15) is 0 Å². The first-order valence-corrected chi connectivity index (χ1v) is 9.77. The first kappa shape index (κ1) is 19.9. The van der Waals surface area contributed by atoms with Crippen molar-refractivity contribution in [2.75, 3.05) is 18.1 Å². The maximum atomic E-state index is 14.4. The molecule has 2 heterocycles. The predicted octanol–water partition coefficient (Wildman–Crippen LogP) is 4.46. The molecule has 1 aromatic heterocycles. The van der Waals surface area contributed by atoms with E-state index in [4.69, 9.17) is 16.2 Å². The van der Waals surface area contributed by atoms with Crippen molar-refractivity contribution in [3.05, 3.63) is 70.7 Å². The Morgan fingerprint density at radius 2 is 1.93 bits per heavy atom. The lowest BCUT2D eigenvalue weighted by atomic mass is 9.86. The average molecular weight is 405 g/mol. The van der Waals surface area contributed by atoms with Crippen molar-refractivity contribution in [3.8, 4) is 16.9 Å². The van der Waals surface area contributed by atoms with Gasteiger partial charge in [-0.15, -0.1) is 0 Å². The minimum absolute atomic E-state index is 0.0687. The van der Waals surface area contributed by atoms with E-state index in [2.05, 4.69) is 18.8 Å². The number of nitrogens with two attached hydrogens (primary N) is 2. The summed E-state index contributed by atoms with van der Waals surface area (Å²) >= 11 is 0. The second kappa shape index (κ2) is 7.13. The molecule has 2 aromatic carbocycles. The van der Waals surface area contributed by atoms with E-state index >= 15 is 0 Å². The molecule has 1 aliphatic rings. The second-order valence-corrected chi connectivity index (χ2v) is 8.38. The maximum absolute atomic E-state index is 14.4. The molecule has 1 aliphatic heterocycles. The van der Waals surface area contributed by atoms with E-state index in [-0.39, 0.29) is 23.4 Å². The van der Waals surface area contributed by atoms with Gasteiger partial charge in [-0.25, -0.2) is 9.37 Å². The number of benzene rings is 2. The summed E-state index contributed by atoms with van der Waals surface area (Å²) in [5, 5.41) is 0. The van der Waals surface area contributed by atoms with Crippen LogP contribution < -0.4 is 16.2 Å². The molecule has 4 N–H and O–H groups in total. The van der Waals surface area contributed by atoms with Gasteiger partial charge in [0.05, 0.1) is 12.3 Å². The molecule has 154 valence electrons. The number of ether oxygens (including phenoxy) is 1. The number of halogens is 1. The van der Waals surface area contributed by atoms with Crippen molar-refractivity contribution in [1.82, 2.24) is 4.98 Å². The third kappa shape index (κ3) is 3.38. The zero-order valence-electron chi connectivity index (χ0n) is 17.3. The highest BCUT2D eigenvalue weighted by Gasteiger charge is 2.32. The summed E-state index contributed by atoms with van der Waals surface area (Å²) in [5.74, 6) is 0.387. The fraction of sp³-hybridized carbons (Fsp3) is 0.250. The summed E-state index contributed by atoms with van der Waals surface area (Å²) in [5.41, 5.74) is 16.3. The molecule has 0 radical (unpaired) electrons. The number of carbonyl (C=O) groups is 1. The fourth-order valence-electron chi connectivity index (χ4n) is 3.91. The topological polar surface area (TPSA) is 91.2 Å². The zero-order valence-corrected chi connectivity index (χ0v) is 17.3. The number of rotatable bonds is 4. The molecule has 3 aromatic rings. The van der Waals surface area contributed by atoms with E-state index in [1.54, 1.807) is 12.1 Å². The van der Waals surface area contributed by atoms with Crippen molar-refractivity contribution >= 4 is 17.3 Å². The Bertz CT molecular complexity index is 1170. The molecule has 6 heteroatoms. The van der Waals surface area contributed by atoms with Crippen molar-refractivity contribution in [2.45, 2.75) is 32.6 Å². The Balaban J connectivity index is 1.68. The number of aromatic nitrogens is 1. The molecule has 0 amide bonds. The minimum atomic E-state index is -0.438. The van der Waals surface area contributed by atoms with Crippen LogP contribution in [0.2, 0.25) is 0 Å². The van der Waals surface area contributed by atoms with Crippen molar-refractivity contribution in [3.63, 3.8) is 0 Å². The highest BCUT2D eigenvalue weighted by molar-refractivity contribution is 5.98. The summed E-state index contributed by atoms with van der Waals surface area (Å²) in [6.07, 6.45) is 1.60. The molecule has 0 unspecified atom stereocenters. The predicted molar refractivity (Wildman–Crippen MR) is 116 cm³/mol. The van der Waals surface area contributed by atoms with Crippen LogP contribution in [0.25, 0.3) is 11.1 Å². The summed E-state index contributed by atoms with van der Waals surface area (Å²) < 4.78 is 20.2. The first-order valence-electron chi connectivity index (χ1n) is 9.77. The Labute approximate surface area is 174 Å². The van der Waals surface area contributed by atoms with Crippen LogP contribution in [0.5, 0.6) is 5.75 Å². The maximum Gasteiger partial charge on any atom is 0.167 e. The standard InChI is InChI=1S/C24H24FN3O2/c1-13-15(8-16(25)11-18(13)17-6-7-28-23(27)22(17)26)9-20(29)14-4-5-19-21(10-14)30-12-24(19,2)3/h4-8,10-11H,9,12,26H2,1-3H3,(H2,27,28). The number of carbonyl (C=O) groups excluding carboxylic acids is 1. The van der Waals surface area contributed by atoms with E-state index in [0.717, 1.165) is 16.9 Å². The monoisotopic (exact) mass is 405 g/mol. The Hall–Kier alpha value is -3.41. The van der Waals surface area contributed by atoms with Gasteiger partial charge in [0.1, 0.15) is 17.4 Å². The summed E-state index contributed by atoms with van der Waals surface area (Å²) in [4.78, 5) is 16.9. The number of ketones is 1. The first-order chi connectivity index (χ1) is 14.2. The molecule has 0 fully saturated rings. The molecule has 0 saturated carbocycles. The molecule has 0 saturated heterocycles. The Morgan fingerprint density at radius 3 is 2.70 bits per heavy atom. The third-order valence-corrected chi connectivity index (χ3v) is 5.76. The summed E-state index contributed by atoms with van der Waals surface area (Å²) in [6.45, 7) is 6.65. The zero-order chi connectivity index (χ0) is 21.6. The largest absolute Gasteiger partial charge is 0.492 e. The van der Waals surface area contributed by atoms with Gasteiger partial charge in [0.15, 0.2) is 5.78 Å². The molecule has 0 spiro atoms. The van der Waals surface area contributed by atoms with Gasteiger partial charge in [0.2, 0.25) is 0 Å². The van der Waals surface area contributed by atoms with Crippen LogP contribution in [0, 0.1) is 12.7 Å². The van der Waals surface area contributed by atoms with Crippen LogP contribution in [0.4, 0.5) is 15.9 Å². The quantitative estimate of drug-likeness (QED) is 0.626. The van der Waals surface area contributed by atoms with Crippen molar-refractivity contribution in [2.24, 2.45) is 0 Å². The SMILES string of the molecule is Cc1c(CC(=O)c2ccc3c(c2)OCC3(C)C)cc(F)cc1-c1ccnc(N)c1N. The number of nitrogens with zero attached hydrogens (tertiary/aromatic N) is 1. The van der Waals surface area contributed by atoms with Gasteiger partial charge in [0, 0.05) is 34.7 Å². The number of Topliss-reactive ketones (excluding diaryl/α,β-unsaturated/α-hetero) is 1. The Morgan fingerprint density at radius 1 is 1.17 bits per heavy atom. The number of anilines is 2. The molecular formula is C24H24FN3O2. The van der Waals surface area contributed by atoms with Crippen LogP contribution in [-0.4, -0.2) is 17.4 Å². The van der Waals surface area contributed by atoms with Crippen LogP contribution in [-0.2, 0) is 11.8 Å². The van der Waals surface area contributed by atoms with E-state index in [1.807, 2.05) is 19.1 Å². The number of pyridine rings is 1.